The van der Waals surface area contributed by atoms with Crippen LogP contribution in [0, 0.1) is 24.7 Å². The molecule has 0 amide bonds. The van der Waals surface area contributed by atoms with Crippen LogP contribution in [-0.2, 0) is 14.3 Å². The third-order valence-electron chi connectivity index (χ3n) is 4.93. The molecule has 0 saturated heterocycles. The topological polar surface area (TPSA) is 52.6 Å². The molecule has 24 heavy (non-hydrogen) atoms. The molecule has 1 aliphatic rings. The highest BCUT2D eigenvalue weighted by Gasteiger charge is 2.33. The number of carbonyl (C=O) groups excluding carboxylic acids is 2. The van der Waals surface area contributed by atoms with Gasteiger partial charge >= 0.3 is 11.9 Å². The van der Waals surface area contributed by atoms with Crippen LogP contribution < -0.4 is 0 Å². The molecule has 4 nitrogen and oxygen atoms in total. The molecule has 2 rings (SSSR count). The smallest absolute Gasteiger partial charge is 0.344 e. The van der Waals surface area contributed by atoms with Gasteiger partial charge in [-0.15, -0.1) is 0 Å². The Bertz CT molecular complexity index is 579. The van der Waals surface area contributed by atoms with Crippen molar-refractivity contribution in [3.8, 4) is 0 Å². The zero-order valence-electron chi connectivity index (χ0n) is 15.1. The second kappa shape index (κ2) is 8.32. The van der Waals surface area contributed by atoms with Crippen LogP contribution in [-0.4, -0.2) is 24.6 Å². The van der Waals surface area contributed by atoms with E-state index in [2.05, 4.69) is 20.8 Å². The van der Waals surface area contributed by atoms with Crippen LogP contribution in [0.4, 0.5) is 0 Å². The molecule has 1 aromatic rings. The fourth-order valence-corrected chi connectivity index (χ4v) is 3.46. The van der Waals surface area contributed by atoms with Gasteiger partial charge in [0.25, 0.3) is 0 Å². The molecule has 0 aromatic heterocycles. The number of rotatable bonds is 5. The van der Waals surface area contributed by atoms with Crippen LogP contribution in [0.3, 0.4) is 0 Å². The Balaban J connectivity index is 1.88. The van der Waals surface area contributed by atoms with E-state index in [-0.39, 0.29) is 12.7 Å². The van der Waals surface area contributed by atoms with E-state index in [0.29, 0.717) is 23.3 Å². The van der Waals surface area contributed by atoms with E-state index in [1.165, 1.54) is 6.42 Å². The maximum Gasteiger partial charge on any atom is 0.344 e. The van der Waals surface area contributed by atoms with Crippen molar-refractivity contribution in [3.05, 3.63) is 35.4 Å². The van der Waals surface area contributed by atoms with E-state index in [1.807, 2.05) is 19.1 Å². The third-order valence-corrected chi connectivity index (χ3v) is 4.93. The molecule has 0 aliphatic heterocycles. The fourth-order valence-electron chi connectivity index (χ4n) is 3.46. The van der Waals surface area contributed by atoms with Crippen molar-refractivity contribution in [2.24, 2.45) is 17.8 Å². The lowest BCUT2D eigenvalue weighted by molar-refractivity contribution is -0.159. The minimum Gasteiger partial charge on any atom is -0.460 e. The Hall–Kier alpha value is -1.84. The lowest BCUT2D eigenvalue weighted by Crippen LogP contribution is -2.36. The molecule has 1 aromatic carbocycles. The molecule has 1 fully saturated rings. The molecule has 1 saturated carbocycles. The normalized spacial score (nSPS) is 23.8. The number of hydrogen-bond donors (Lipinski definition) is 0. The lowest BCUT2D eigenvalue weighted by Gasteiger charge is -2.36. The van der Waals surface area contributed by atoms with E-state index >= 15 is 0 Å². The van der Waals surface area contributed by atoms with Crippen molar-refractivity contribution in [3.63, 3.8) is 0 Å². The van der Waals surface area contributed by atoms with Gasteiger partial charge in [-0.1, -0.05) is 45.4 Å². The molecule has 0 bridgehead atoms. The molecule has 132 valence electrons. The maximum atomic E-state index is 12.1. The first-order chi connectivity index (χ1) is 11.4. The fraction of sp³-hybridized carbons (Fsp3) is 0.600. The first kappa shape index (κ1) is 18.5. The first-order valence-electron chi connectivity index (χ1n) is 8.80. The van der Waals surface area contributed by atoms with Crippen LogP contribution in [0.5, 0.6) is 0 Å². The highest BCUT2D eigenvalue weighted by atomic mass is 16.6. The van der Waals surface area contributed by atoms with Crippen molar-refractivity contribution < 1.29 is 19.1 Å². The second-order valence-electron chi connectivity index (χ2n) is 7.25. The van der Waals surface area contributed by atoms with Crippen LogP contribution in [0.2, 0.25) is 0 Å². The molecular formula is C20H28O4. The number of ether oxygens (including phenoxy) is 2. The Morgan fingerprint density at radius 1 is 1.21 bits per heavy atom. The summed E-state index contributed by atoms with van der Waals surface area (Å²) in [5.41, 5.74) is 1.31. The molecule has 0 unspecified atom stereocenters. The number of esters is 2. The van der Waals surface area contributed by atoms with Gasteiger partial charge in [0.15, 0.2) is 6.61 Å². The van der Waals surface area contributed by atoms with Crippen LogP contribution in [0.1, 0.15) is 56.0 Å². The summed E-state index contributed by atoms with van der Waals surface area (Å²) in [5, 5.41) is 0. The van der Waals surface area contributed by atoms with Crippen LogP contribution >= 0.6 is 0 Å². The Morgan fingerprint density at radius 2 is 1.92 bits per heavy atom. The Labute approximate surface area is 144 Å². The summed E-state index contributed by atoms with van der Waals surface area (Å²) in [6, 6.07) is 7.17. The molecule has 0 spiro atoms. The van der Waals surface area contributed by atoms with Crippen molar-refractivity contribution >= 4 is 11.9 Å². The molecule has 3 atom stereocenters. The van der Waals surface area contributed by atoms with Gasteiger partial charge in [-0.2, -0.15) is 0 Å². The van der Waals surface area contributed by atoms with Gasteiger partial charge in [0, 0.05) is 0 Å². The molecular weight excluding hydrogens is 304 g/mol. The summed E-state index contributed by atoms with van der Waals surface area (Å²) in [4.78, 5) is 24.2. The number of aryl methyl sites for hydroxylation is 1. The van der Waals surface area contributed by atoms with E-state index in [1.54, 1.807) is 12.1 Å². The summed E-state index contributed by atoms with van der Waals surface area (Å²) >= 11 is 0. The SMILES string of the molecule is Cc1ccccc1C(=O)OCC(=O)O[C@@H]1C[C@@H](C)CC[C@@H]1C(C)C. The van der Waals surface area contributed by atoms with Crippen molar-refractivity contribution in [1.82, 2.24) is 0 Å². The van der Waals surface area contributed by atoms with Gasteiger partial charge in [0.05, 0.1) is 5.56 Å². The zero-order valence-corrected chi connectivity index (χ0v) is 15.1. The van der Waals surface area contributed by atoms with Gasteiger partial charge < -0.3 is 9.47 Å². The summed E-state index contributed by atoms with van der Waals surface area (Å²) in [6.45, 7) is 8.03. The quantitative estimate of drug-likeness (QED) is 0.760. The standard InChI is InChI=1S/C20H28O4/c1-13(2)16-10-9-14(3)11-18(16)24-19(21)12-23-20(22)17-8-6-5-7-15(17)4/h5-8,13-14,16,18H,9-12H2,1-4H3/t14-,16+,18+/m0/s1. The van der Waals surface area contributed by atoms with E-state index in [0.717, 1.165) is 18.4 Å². The van der Waals surface area contributed by atoms with Gasteiger partial charge in [-0.25, -0.2) is 9.59 Å². The van der Waals surface area contributed by atoms with Crippen LogP contribution in [0.15, 0.2) is 24.3 Å². The Kier molecular flexibility index (Phi) is 6.41. The van der Waals surface area contributed by atoms with Gasteiger partial charge in [-0.05, 0) is 49.1 Å². The largest absolute Gasteiger partial charge is 0.460 e. The minimum atomic E-state index is -0.484. The number of carbonyl (C=O) groups is 2. The van der Waals surface area contributed by atoms with E-state index in [9.17, 15) is 9.59 Å². The molecule has 0 heterocycles. The summed E-state index contributed by atoms with van der Waals surface area (Å²) in [5.74, 6) is 0.485. The summed E-state index contributed by atoms with van der Waals surface area (Å²) < 4.78 is 10.8. The maximum absolute atomic E-state index is 12.1. The van der Waals surface area contributed by atoms with Gasteiger partial charge in [-0.3, -0.25) is 0 Å². The Morgan fingerprint density at radius 3 is 2.58 bits per heavy atom. The molecule has 4 heteroatoms. The number of hydrogen-bond acceptors (Lipinski definition) is 4. The summed E-state index contributed by atoms with van der Waals surface area (Å²) in [6.07, 6.45) is 3.08. The van der Waals surface area contributed by atoms with E-state index in [4.69, 9.17) is 9.47 Å². The van der Waals surface area contributed by atoms with Crippen molar-refractivity contribution in [1.29, 1.82) is 0 Å². The second-order valence-corrected chi connectivity index (χ2v) is 7.25. The lowest BCUT2D eigenvalue weighted by atomic mass is 9.75. The van der Waals surface area contributed by atoms with Crippen LogP contribution in [0.25, 0.3) is 0 Å². The summed E-state index contributed by atoms with van der Waals surface area (Å²) in [7, 11) is 0. The predicted molar refractivity (Wildman–Crippen MR) is 92.7 cm³/mol. The highest BCUT2D eigenvalue weighted by molar-refractivity contribution is 5.92. The molecule has 0 N–H and O–H groups in total. The van der Waals surface area contributed by atoms with Crippen molar-refractivity contribution in [2.75, 3.05) is 6.61 Å². The predicted octanol–water partition coefficient (Wildman–Crippen LogP) is 4.16. The molecule has 0 radical (unpaired) electrons. The zero-order chi connectivity index (χ0) is 17.7. The van der Waals surface area contributed by atoms with Crippen molar-refractivity contribution in [2.45, 2.75) is 53.1 Å². The first-order valence-corrected chi connectivity index (χ1v) is 8.80. The minimum absolute atomic E-state index is 0.0709. The van der Waals surface area contributed by atoms with Gasteiger partial charge in [0.1, 0.15) is 6.10 Å². The number of benzene rings is 1. The molecule has 1 aliphatic carbocycles. The van der Waals surface area contributed by atoms with Gasteiger partial charge in [0.2, 0.25) is 0 Å². The monoisotopic (exact) mass is 332 g/mol. The average molecular weight is 332 g/mol. The third kappa shape index (κ3) is 4.83. The average Bonchev–Trinajstić information content (AvgIpc) is 2.53. The van der Waals surface area contributed by atoms with E-state index < -0.39 is 11.9 Å². The highest BCUT2D eigenvalue weighted by Crippen LogP contribution is 2.35.